The number of benzene rings is 1. The van der Waals surface area contributed by atoms with E-state index in [4.69, 9.17) is 4.42 Å². The molecule has 0 bridgehead atoms. The Morgan fingerprint density at radius 2 is 2.28 bits per heavy atom. The second kappa shape index (κ2) is 5.50. The Morgan fingerprint density at radius 3 is 3.06 bits per heavy atom. The molecule has 18 heavy (non-hydrogen) atoms. The Labute approximate surface area is 103 Å². The second-order valence-corrected chi connectivity index (χ2v) is 3.98. The first-order valence-corrected chi connectivity index (χ1v) is 5.76. The Hall–Kier alpha value is -2.08. The molecule has 3 N–H and O–H groups in total. The molecule has 0 radical (unpaired) electrons. The van der Waals surface area contributed by atoms with Crippen LogP contribution in [0.5, 0.6) is 0 Å². The normalized spacial score (nSPS) is 10.7. The number of H-pyrrole nitrogens is 1. The van der Waals surface area contributed by atoms with Crippen molar-refractivity contribution >= 4 is 22.7 Å². The van der Waals surface area contributed by atoms with Crippen LogP contribution in [0.4, 0.5) is 5.69 Å². The molecule has 1 aromatic heterocycles. The first-order valence-electron chi connectivity index (χ1n) is 5.76. The van der Waals surface area contributed by atoms with E-state index in [1.165, 1.54) is 0 Å². The van der Waals surface area contributed by atoms with Gasteiger partial charge in [0.15, 0.2) is 5.58 Å². The van der Waals surface area contributed by atoms with Gasteiger partial charge in [0.1, 0.15) is 0 Å². The van der Waals surface area contributed by atoms with E-state index in [-0.39, 0.29) is 5.91 Å². The van der Waals surface area contributed by atoms with Crippen molar-refractivity contribution < 1.29 is 9.21 Å². The van der Waals surface area contributed by atoms with Crippen molar-refractivity contribution in [2.24, 2.45) is 0 Å². The van der Waals surface area contributed by atoms with Crippen molar-refractivity contribution in [3.05, 3.63) is 28.7 Å². The molecule has 0 aliphatic carbocycles. The summed E-state index contributed by atoms with van der Waals surface area (Å²) in [6, 6.07) is 5.05. The number of fused-ring (bicyclic) bond motifs is 1. The number of hydrogen-bond donors (Lipinski definition) is 3. The molecule has 6 nitrogen and oxygen atoms in total. The second-order valence-electron chi connectivity index (χ2n) is 3.98. The van der Waals surface area contributed by atoms with Crippen molar-refractivity contribution in [3.63, 3.8) is 0 Å². The monoisotopic (exact) mass is 249 g/mol. The van der Waals surface area contributed by atoms with E-state index < -0.39 is 5.76 Å². The zero-order valence-electron chi connectivity index (χ0n) is 10.1. The standard InChI is InChI=1S/C12H15N3O3/c1-13-6-2-3-11(16)14-8-4-5-9-10(7-8)18-12(17)15-9/h4-5,7,13H,2-3,6H2,1H3,(H,14,16)(H,15,17). The third kappa shape index (κ3) is 2.98. The van der Waals surface area contributed by atoms with Crippen LogP contribution in [0.15, 0.2) is 27.4 Å². The molecule has 0 spiro atoms. The van der Waals surface area contributed by atoms with Gasteiger partial charge in [-0.15, -0.1) is 0 Å². The fourth-order valence-corrected chi connectivity index (χ4v) is 1.67. The molecular weight excluding hydrogens is 234 g/mol. The van der Waals surface area contributed by atoms with Gasteiger partial charge >= 0.3 is 5.76 Å². The fourth-order valence-electron chi connectivity index (χ4n) is 1.67. The Morgan fingerprint density at radius 1 is 1.44 bits per heavy atom. The molecule has 0 atom stereocenters. The lowest BCUT2D eigenvalue weighted by atomic mass is 10.2. The quantitative estimate of drug-likeness (QED) is 0.691. The van der Waals surface area contributed by atoms with Crippen molar-refractivity contribution in [2.45, 2.75) is 12.8 Å². The minimum Gasteiger partial charge on any atom is -0.408 e. The number of aromatic amines is 1. The molecule has 6 heteroatoms. The summed E-state index contributed by atoms with van der Waals surface area (Å²) in [6.07, 6.45) is 1.24. The summed E-state index contributed by atoms with van der Waals surface area (Å²) in [6.45, 7) is 0.805. The highest BCUT2D eigenvalue weighted by Gasteiger charge is 2.05. The first kappa shape index (κ1) is 12.4. The van der Waals surface area contributed by atoms with Crippen LogP contribution < -0.4 is 16.4 Å². The summed E-state index contributed by atoms with van der Waals surface area (Å²) < 4.78 is 4.92. The van der Waals surface area contributed by atoms with Gasteiger partial charge in [-0.2, -0.15) is 0 Å². The van der Waals surface area contributed by atoms with Gasteiger partial charge in [0, 0.05) is 18.2 Å². The molecule has 1 heterocycles. The van der Waals surface area contributed by atoms with Gasteiger partial charge in [-0.1, -0.05) is 0 Å². The van der Waals surface area contributed by atoms with Crippen molar-refractivity contribution in [2.75, 3.05) is 18.9 Å². The summed E-state index contributed by atoms with van der Waals surface area (Å²) in [5, 5.41) is 5.74. The zero-order chi connectivity index (χ0) is 13.0. The average Bonchev–Trinajstić information content (AvgIpc) is 2.69. The third-order valence-electron chi connectivity index (χ3n) is 2.54. The highest BCUT2D eigenvalue weighted by atomic mass is 16.4. The molecule has 1 amide bonds. The number of carbonyl (C=O) groups excluding carboxylic acids is 1. The van der Waals surface area contributed by atoms with Gasteiger partial charge in [0.2, 0.25) is 5.91 Å². The summed E-state index contributed by atoms with van der Waals surface area (Å²) in [5.41, 5.74) is 1.68. The number of anilines is 1. The highest BCUT2D eigenvalue weighted by Crippen LogP contribution is 2.16. The van der Waals surface area contributed by atoms with Crippen LogP contribution in [0.2, 0.25) is 0 Å². The maximum Gasteiger partial charge on any atom is 0.417 e. The average molecular weight is 249 g/mol. The molecule has 0 saturated carbocycles. The van der Waals surface area contributed by atoms with E-state index in [0.717, 1.165) is 13.0 Å². The minimum atomic E-state index is -0.498. The molecule has 96 valence electrons. The number of rotatable bonds is 5. The van der Waals surface area contributed by atoms with Crippen LogP contribution in [0.1, 0.15) is 12.8 Å². The zero-order valence-corrected chi connectivity index (χ0v) is 10.1. The summed E-state index contributed by atoms with van der Waals surface area (Å²) >= 11 is 0. The van der Waals surface area contributed by atoms with E-state index in [1.54, 1.807) is 18.2 Å². The summed E-state index contributed by atoms with van der Waals surface area (Å²) in [4.78, 5) is 25.1. The Bertz CT molecular complexity index is 600. The molecule has 0 unspecified atom stereocenters. The first-order chi connectivity index (χ1) is 8.69. The van der Waals surface area contributed by atoms with E-state index in [9.17, 15) is 9.59 Å². The third-order valence-corrected chi connectivity index (χ3v) is 2.54. The highest BCUT2D eigenvalue weighted by molar-refractivity contribution is 5.92. The van der Waals surface area contributed by atoms with Gasteiger partial charge in [0.05, 0.1) is 5.52 Å². The predicted molar refractivity (Wildman–Crippen MR) is 68.6 cm³/mol. The number of oxazole rings is 1. The topological polar surface area (TPSA) is 87.1 Å². The fraction of sp³-hybridized carbons (Fsp3) is 0.333. The predicted octanol–water partition coefficient (Wildman–Crippen LogP) is 1.06. The molecule has 0 saturated heterocycles. The van der Waals surface area contributed by atoms with Crippen LogP contribution in [0.25, 0.3) is 11.1 Å². The smallest absolute Gasteiger partial charge is 0.408 e. The van der Waals surface area contributed by atoms with Crippen molar-refractivity contribution in [3.8, 4) is 0 Å². The van der Waals surface area contributed by atoms with Gasteiger partial charge < -0.3 is 15.1 Å². The van der Waals surface area contributed by atoms with Crippen LogP contribution in [0.3, 0.4) is 0 Å². The van der Waals surface area contributed by atoms with E-state index >= 15 is 0 Å². The van der Waals surface area contributed by atoms with Gasteiger partial charge in [-0.25, -0.2) is 4.79 Å². The van der Waals surface area contributed by atoms with Crippen LogP contribution in [-0.2, 0) is 4.79 Å². The lowest BCUT2D eigenvalue weighted by molar-refractivity contribution is -0.116. The van der Waals surface area contributed by atoms with Crippen molar-refractivity contribution in [1.82, 2.24) is 10.3 Å². The lowest BCUT2D eigenvalue weighted by Gasteiger charge is -2.04. The minimum absolute atomic E-state index is 0.0533. The molecule has 0 aliphatic rings. The van der Waals surface area contributed by atoms with Crippen LogP contribution in [0, 0.1) is 0 Å². The lowest BCUT2D eigenvalue weighted by Crippen LogP contribution is -2.15. The van der Waals surface area contributed by atoms with Crippen LogP contribution in [-0.4, -0.2) is 24.5 Å². The number of nitrogens with one attached hydrogen (secondary N) is 3. The van der Waals surface area contributed by atoms with Gasteiger partial charge in [-0.3, -0.25) is 9.78 Å². The summed E-state index contributed by atoms with van der Waals surface area (Å²) in [5.74, 6) is -0.551. The number of amides is 1. The molecule has 2 aromatic rings. The molecule has 2 rings (SSSR count). The largest absolute Gasteiger partial charge is 0.417 e. The number of carbonyl (C=O) groups is 1. The maximum absolute atomic E-state index is 11.6. The van der Waals surface area contributed by atoms with E-state index in [1.807, 2.05) is 7.05 Å². The molecule has 0 fully saturated rings. The summed E-state index contributed by atoms with van der Waals surface area (Å²) in [7, 11) is 1.85. The molecular formula is C12H15N3O3. The Kier molecular flexibility index (Phi) is 3.78. The van der Waals surface area contributed by atoms with Gasteiger partial charge in [0.25, 0.3) is 0 Å². The molecule has 1 aromatic carbocycles. The molecule has 0 aliphatic heterocycles. The van der Waals surface area contributed by atoms with Gasteiger partial charge in [-0.05, 0) is 32.1 Å². The number of hydrogen-bond acceptors (Lipinski definition) is 4. The van der Waals surface area contributed by atoms with Crippen LogP contribution >= 0.6 is 0 Å². The van der Waals surface area contributed by atoms with E-state index in [2.05, 4.69) is 15.6 Å². The van der Waals surface area contributed by atoms with E-state index in [0.29, 0.717) is 23.2 Å². The number of aromatic nitrogens is 1. The Balaban J connectivity index is 2.02. The SMILES string of the molecule is CNCCCC(=O)Nc1ccc2[nH]c(=O)oc2c1. The van der Waals surface area contributed by atoms with Crippen molar-refractivity contribution in [1.29, 1.82) is 0 Å². The maximum atomic E-state index is 11.6.